The molecule has 0 saturated heterocycles. The molecule has 0 bridgehead atoms. The molecular formula is C26H17NO2. The van der Waals surface area contributed by atoms with E-state index >= 15 is 0 Å². The van der Waals surface area contributed by atoms with Crippen LogP contribution in [0.25, 0.3) is 43.9 Å². The number of pyridine rings is 1. The molecule has 1 aromatic heterocycles. The molecule has 0 atom stereocenters. The molecule has 6 rings (SSSR count). The maximum absolute atomic E-state index is 6.06. The molecule has 0 amide bonds. The van der Waals surface area contributed by atoms with Gasteiger partial charge in [-0.1, -0.05) is 78.9 Å². The number of ether oxygens (including phenoxy) is 2. The first-order chi connectivity index (χ1) is 14.4. The van der Waals surface area contributed by atoms with Gasteiger partial charge in [-0.25, -0.2) is 0 Å². The Morgan fingerprint density at radius 3 is 1.90 bits per heavy atom. The lowest BCUT2D eigenvalue weighted by molar-refractivity contribution is 0.174. The third-order valence-corrected chi connectivity index (χ3v) is 5.49. The summed E-state index contributed by atoms with van der Waals surface area (Å²) >= 11 is 0. The molecule has 1 aliphatic heterocycles. The van der Waals surface area contributed by atoms with Crippen LogP contribution in [0.1, 0.15) is 0 Å². The zero-order valence-electron chi connectivity index (χ0n) is 15.6. The molecule has 0 saturated carbocycles. The maximum Gasteiger partial charge on any atom is 0.231 e. The average molecular weight is 375 g/mol. The molecule has 0 aliphatic carbocycles. The van der Waals surface area contributed by atoms with Crippen molar-refractivity contribution in [2.45, 2.75) is 0 Å². The lowest BCUT2D eigenvalue weighted by Gasteiger charge is -2.17. The number of hydrogen-bond acceptors (Lipinski definition) is 3. The van der Waals surface area contributed by atoms with E-state index in [2.05, 4.69) is 54.6 Å². The number of rotatable bonds is 2. The Morgan fingerprint density at radius 1 is 0.586 bits per heavy atom. The summed E-state index contributed by atoms with van der Waals surface area (Å²) in [6.45, 7) is 0.219. The van der Waals surface area contributed by atoms with Crippen molar-refractivity contribution in [2.75, 3.05) is 6.79 Å². The minimum absolute atomic E-state index is 0.219. The van der Waals surface area contributed by atoms with Gasteiger partial charge in [-0.2, -0.15) is 0 Å². The molecule has 1 aliphatic rings. The van der Waals surface area contributed by atoms with Crippen LogP contribution in [0.15, 0.2) is 91.1 Å². The predicted molar refractivity (Wildman–Crippen MR) is 116 cm³/mol. The topological polar surface area (TPSA) is 31.4 Å². The summed E-state index contributed by atoms with van der Waals surface area (Å²) in [7, 11) is 0. The summed E-state index contributed by atoms with van der Waals surface area (Å²) in [5, 5.41) is 3.32. The number of aromatic nitrogens is 1. The zero-order valence-corrected chi connectivity index (χ0v) is 15.6. The summed E-state index contributed by atoms with van der Waals surface area (Å²) in [5.74, 6) is 1.60. The van der Waals surface area contributed by atoms with E-state index in [9.17, 15) is 0 Å². The van der Waals surface area contributed by atoms with Crippen molar-refractivity contribution in [1.29, 1.82) is 0 Å². The second-order valence-corrected chi connectivity index (χ2v) is 7.11. The molecule has 0 radical (unpaired) electrons. The largest absolute Gasteiger partial charge is 0.453 e. The summed E-state index contributed by atoms with van der Waals surface area (Å²) < 4.78 is 12.1. The van der Waals surface area contributed by atoms with E-state index < -0.39 is 0 Å². The molecule has 3 heteroatoms. The number of nitrogens with zero attached hydrogens (tertiary/aromatic N) is 1. The highest BCUT2D eigenvalue weighted by molar-refractivity contribution is 6.20. The number of hydrogen-bond donors (Lipinski definition) is 0. The average Bonchev–Trinajstić information content (AvgIpc) is 3.27. The van der Waals surface area contributed by atoms with Gasteiger partial charge in [0.1, 0.15) is 0 Å². The van der Waals surface area contributed by atoms with Crippen LogP contribution >= 0.6 is 0 Å². The van der Waals surface area contributed by atoms with Crippen molar-refractivity contribution in [3.05, 3.63) is 91.1 Å². The second kappa shape index (κ2) is 6.35. The van der Waals surface area contributed by atoms with Crippen molar-refractivity contribution in [3.8, 4) is 33.8 Å². The van der Waals surface area contributed by atoms with Gasteiger partial charge < -0.3 is 9.47 Å². The van der Waals surface area contributed by atoms with E-state index in [1.54, 1.807) is 0 Å². The van der Waals surface area contributed by atoms with Crippen LogP contribution in [-0.4, -0.2) is 11.8 Å². The molecule has 0 fully saturated rings. The normalized spacial score (nSPS) is 12.6. The Labute approximate surface area is 168 Å². The molecule has 0 N–H and O–H groups in total. The first kappa shape index (κ1) is 16.1. The fraction of sp³-hybridized carbons (Fsp3) is 0.0385. The molecule has 0 unspecified atom stereocenters. The highest BCUT2D eigenvalue weighted by Crippen LogP contribution is 2.53. The highest BCUT2D eigenvalue weighted by Gasteiger charge is 2.28. The summed E-state index contributed by atoms with van der Waals surface area (Å²) in [6, 6.07) is 29.0. The van der Waals surface area contributed by atoms with E-state index in [1.807, 2.05) is 36.5 Å². The summed E-state index contributed by atoms with van der Waals surface area (Å²) in [5.41, 5.74) is 5.26. The van der Waals surface area contributed by atoms with E-state index in [4.69, 9.17) is 14.5 Å². The van der Waals surface area contributed by atoms with Crippen LogP contribution in [0.4, 0.5) is 0 Å². The number of benzene rings is 4. The molecule has 29 heavy (non-hydrogen) atoms. The minimum atomic E-state index is 0.219. The molecular weight excluding hydrogens is 358 g/mol. The van der Waals surface area contributed by atoms with Gasteiger partial charge in [0.2, 0.25) is 6.79 Å². The van der Waals surface area contributed by atoms with E-state index in [-0.39, 0.29) is 6.79 Å². The van der Waals surface area contributed by atoms with Gasteiger partial charge in [0.15, 0.2) is 11.5 Å². The van der Waals surface area contributed by atoms with Gasteiger partial charge >= 0.3 is 0 Å². The standard InChI is InChI=1S/C26H17NO2/c1-3-9-17(10-4-1)22-20-15-27-21-14-8-7-13-19(21)24(20)23(18-11-5-2-6-12-18)26-25(22)28-16-29-26/h1-15H,16H2. The van der Waals surface area contributed by atoms with Crippen molar-refractivity contribution in [1.82, 2.24) is 4.98 Å². The maximum atomic E-state index is 6.06. The van der Waals surface area contributed by atoms with Crippen LogP contribution < -0.4 is 9.47 Å². The predicted octanol–water partition coefficient (Wildman–Crippen LogP) is 6.45. The van der Waals surface area contributed by atoms with Crippen LogP contribution in [-0.2, 0) is 0 Å². The molecule has 5 aromatic rings. The lowest BCUT2D eigenvalue weighted by atomic mass is 9.89. The SMILES string of the molecule is c1ccc(-c2c3c(c(-c4ccccc4)c4c2cnc2ccccc24)OCO3)cc1. The number of fused-ring (bicyclic) bond motifs is 4. The molecule has 2 heterocycles. The highest BCUT2D eigenvalue weighted by atomic mass is 16.7. The van der Waals surface area contributed by atoms with Gasteiger partial charge in [0.25, 0.3) is 0 Å². The Hall–Kier alpha value is -3.85. The van der Waals surface area contributed by atoms with Gasteiger partial charge in [-0.05, 0) is 17.2 Å². The first-order valence-corrected chi connectivity index (χ1v) is 9.65. The smallest absolute Gasteiger partial charge is 0.231 e. The van der Waals surface area contributed by atoms with Crippen LogP contribution in [0.3, 0.4) is 0 Å². The second-order valence-electron chi connectivity index (χ2n) is 7.11. The third-order valence-electron chi connectivity index (χ3n) is 5.49. The van der Waals surface area contributed by atoms with E-state index in [1.165, 1.54) is 0 Å². The van der Waals surface area contributed by atoms with Crippen LogP contribution in [0.5, 0.6) is 11.5 Å². The van der Waals surface area contributed by atoms with Crippen molar-refractivity contribution >= 4 is 21.7 Å². The summed E-state index contributed by atoms with van der Waals surface area (Å²) in [6.07, 6.45) is 1.97. The van der Waals surface area contributed by atoms with E-state index in [0.717, 1.165) is 55.4 Å². The van der Waals surface area contributed by atoms with Crippen molar-refractivity contribution < 1.29 is 9.47 Å². The van der Waals surface area contributed by atoms with Crippen molar-refractivity contribution in [3.63, 3.8) is 0 Å². The van der Waals surface area contributed by atoms with Gasteiger partial charge in [0, 0.05) is 33.5 Å². The molecule has 4 aromatic carbocycles. The van der Waals surface area contributed by atoms with Gasteiger partial charge in [-0.15, -0.1) is 0 Å². The van der Waals surface area contributed by atoms with Gasteiger partial charge in [0.05, 0.1) is 5.52 Å². The van der Waals surface area contributed by atoms with E-state index in [0.29, 0.717) is 0 Å². The molecule has 0 spiro atoms. The molecule has 138 valence electrons. The number of para-hydroxylation sites is 1. The Morgan fingerprint density at radius 2 is 1.17 bits per heavy atom. The van der Waals surface area contributed by atoms with Crippen molar-refractivity contribution in [2.24, 2.45) is 0 Å². The zero-order chi connectivity index (χ0) is 19.2. The minimum Gasteiger partial charge on any atom is -0.453 e. The quantitative estimate of drug-likeness (QED) is 0.332. The fourth-order valence-corrected chi connectivity index (χ4v) is 4.26. The van der Waals surface area contributed by atoms with Crippen LogP contribution in [0, 0.1) is 0 Å². The Kier molecular flexibility index (Phi) is 3.53. The Balaban J connectivity index is 1.87. The lowest BCUT2D eigenvalue weighted by Crippen LogP contribution is -1.94. The third kappa shape index (κ3) is 2.41. The Bertz CT molecular complexity index is 1360. The van der Waals surface area contributed by atoms with Crippen LogP contribution in [0.2, 0.25) is 0 Å². The summed E-state index contributed by atoms with van der Waals surface area (Å²) in [4.78, 5) is 4.76. The monoisotopic (exact) mass is 375 g/mol. The first-order valence-electron chi connectivity index (χ1n) is 9.65. The fourth-order valence-electron chi connectivity index (χ4n) is 4.26. The molecule has 3 nitrogen and oxygen atoms in total. The van der Waals surface area contributed by atoms with Gasteiger partial charge in [-0.3, -0.25) is 4.98 Å².